The third-order valence-corrected chi connectivity index (χ3v) is 3.64. The van der Waals surface area contributed by atoms with Crippen LogP contribution >= 0.6 is 22.6 Å². The van der Waals surface area contributed by atoms with Crippen LogP contribution in [0.4, 0.5) is 0 Å². The molecule has 0 saturated heterocycles. The first kappa shape index (κ1) is 15.5. The van der Waals surface area contributed by atoms with Gasteiger partial charge in [-0.05, 0) is 47.7 Å². The molecule has 0 aliphatic rings. The Labute approximate surface area is 137 Å². The van der Waals surface area contributed by atoms with Crippen LogP contribution in [0.3, 0.4) is 0 Å². The molecule has 5 nitrogen and oxygen atoms in total. The zero-order valence-electron chi connectivity index (χ0n) is 11.6. The molecule has 0 aliphatic carbocycles. The van der Waals surface area contributed by atoms with Gasteiger partial charge in [-0.1, -0.05) is 6.42 Å². The smallest absolute Gasteiger partial charge is 0.271 e. The third-order valence-electron chi connectivity index (χ3n) is 2.97. The second-order valence-electron chi connectivity index (χ2n) is 4.35. The van der Waals surface area contributed by atoms with Gasteiger partial charge in [0.15, 0.2) is 0 Å². The summed E-state index contributed by atoms with van der Waals surface area (Å²) in [5.74, 6) is -0.240. The van der Waals surface area contributed by atoms with Crippen LogP contribution in [0.5, 0.6) is 0 Å². The first-order valence-electron chi connectivity index (χ1n) is 6.55. The van der Waals surface area contributed by atoms with Crippen molar-refractivity contribution in [2.24, 2.45) is 0 Å². The van der Waals surface area contributed by atoms with Crippen molar-refractivity contribution in [3.63, 3.8) is 0 Å². The lowest BCUT2D eigenvalue weighted by Gasteiger charge is -2.14. The van der Waals surface area contributed by atoms with Gasteiger partial charge < -0.3 is 10.2 Å². The number of rotatable bonds is 5. The Morgan fingerprint density at radius 1 is 1.48 bits per heavy atom. The van der Waals surface area contributed by atoms with Gasteiger partial charge in [0.1, 0.15) is 5.69 Å². The Hall–Kier alpha value is -1.88. The molecule has 0 unspecified atom stereocenters. The predicted octanol–water partition coefficient (Wildman–Crippen LogP) is 1.88. The molecule has 0 fully saturated rings. The Morgan fingerprint density at radius 2 is 2.29 bits per heavy atom. The van der Waals surface area contributed by atoms with Crippen molar-refractivity contribution in [2.75, 3.05) is 19.6 Å². The summed E-state index contributed by atoms with van der Waals surface area (Å²) in [5, 5.41) is 2.79. The average molecular weight is 394 g/mol. The molecule has 6 heteroatoms. The molecule has 1 heterocycles. The van der Waals surface area contributed by atoms with E-state index in [1.807, 2.05) is 25.1 Å². The zero-order chi connectivity index (χ0) is 15.2. The number of aromatic nitrogens is 2. The third kappa shape index (κ3) is 4.04. The van der Waals surface area contributed by atoms with Crippen LogP contribution in [0.25, 0.3) is 11.0 Å². The molecule has 108 valence electrons. The van der Waals surface area contributed by atoms with E-state index in [2.05, 4.69) is 43.9 Å². The number of nitrogens with one attached hydrogen (secondary N) is 1. The first-order chi connectivity index (χ1) is 10.1. The Balaban J connectivity index is 2.03. The highest BCUT2D eigenvalue weighted by Crippen LogP contribution is 2.13. The van der Waals surface area contributed by atoms with E-state index in [0.29, 0.717) is 24.3 Å². The summed E-state index contributed by atoms with van der Waals surface area (Å²) in [6.45, 7) is 3.81. The fraction of sp³-hybridized carbons (Fsp3) is 0.267. The second-order valence-corrected chi connectivity index (χ2v) is 5.60. The summed E-state index contributed by atoms with van der Waals surface area (Å²) >= 11 is 2.21. The molecule has 2 aromatic rings. The highest BCUT2D eigenvalue weighted by molar-refractivity contribution is 14.1. The van der Waals surface area contributed by atoms with Crippen LogP contribution in [-0.2, 0) is 0 Å². The highest BCUT2D eigenvalue weighted by atomic mass is 127. The van der Waals surface area contributed by atoms with E-state index in [9.17, 15) is 4.79 Å². The molecule has 0 spiro atoms. The van der Waals surface area contributed by atoms with E-state index in [0.717, 1.165) is 15.6 Å². The van der Waals surface area contributed by atoms with Gasteiger partial charge in [-0.15, -0.1) is 0 Å². The molecule has 2 rings (SSSR count). The maximum atomic E-state index is 12.0. The van der Waals surface area contributed by atoms with Crippen molar-refractivity contribution in [3.8, 4) is 12.5 Å². The topological polar surface area (TPSA) is 58.1 Å². The van der Waals surface area contributed by atoms with Gasteiger partial charge in [0.05, 0.1) is 17.2 Å². The van der Waals surface area contributed by atoms with Gasteiger partial charge in [0.2, 0.25) is 0 Å². The Morgan fingerprint density at radius 3 is 3.00 bits per heavy atom. The first-order valence-corrected chi connectivity index (χ1v) is 7.63. The number of halogens is 1. The van der Waals surface area contributed by atoms with Crippen LogP contribution in [0.1, 0.15) is 17.4 Å². The second kappa shape index (κ2) is 7.22. The van der Waals surface area contributed by atoms with E-state index in [1.165, 1.54) is 6.20 Å². The summed E-state index contributed by atoms with van der Waals surface area (Å²) in [6.07, 6.45) is 6.82. The molecule has 1 N–H and O–H groups in total. The minimum atomic E-state index is -0.240. The Bertz CT molecular complexity index is 696. The fourth-order valence-electron chi connectivity index (χ4n) is 1.80. The number of likely N-dealkylation sites (N-methyl/N-ethyl adjacent to an activating group) is 1. The number of hydrogen-bond donors (Lipinski definition) is 1. The molecule has 0 aliphatic heterocycles. The lowest BCUT2D eigenvalue weighted by molar-refractivity contribution is 0.0946. The Kier molecular flexibility index (Phi) is 5.33. The number of carbonyl (C=O) groups is 1. The normalized spacial score (nSPS) is 10.1. The van der Waals surface area contributed by atoms with Gasteiger partial charge in [-0.3, -0.25) is 9.78 Å². The molecule has 0 bridgehead atoms. The van der Waals surface area contributed by atoms with Gasteiger partial charge >= 0.3 is 0 Å². The number of terminal acetylenes is 1. The van der Waals surface area contributed by atoms with Gasteiger partial charge in [0, 0.05) is 29.2 Å². The minimum absolute atomic E-state index is 0.240. The summed E-state index contributed by atoms with van der Waals surface area (Å²) < 4.78 is 1.08. The maximum Gasteiger partial charge on any atom is 0.271 e. The molecule has 0 atom stereocenters. The quantitative estimate of drug-likeness (QED) is 0.478. The SMILES string of the molecule is C#CN(CC)CCNC(=O)c1cnc2cc(I)ccc2n1. The van der Waals surface area contributed by atoms with E-state index >= 15 is 0 Å². The number of carbonyl (C=O) groups excluding carboxylic acids is 1. The van der Waals surface area contributed by atoms with Crippen molar-refractivity contribution < 1.29 is 4.79 Å². The van der Waals surface area contributed by atoms with Crippen molar-refractivity contribution in [1.82, 2.24) is 20.2 Å². The minimum Gasteiger partial charge on any atom is -0.349 e. The summed E-state index contributed by atoms with van der Waals surface area (Å²) in [4.78, 5) is 22.4. The lowest BCUT2D eigenvalue weighted by atomic mass is 10.3. The van der Waals surface area contributed by atoms with Crippen LogP contribution < -0.4 is 5.32 Å². The number of benzene rings is 1. The largest absolute Gasteiger partial charge is 0.349 e. The fourth-order valence-corrected chi connectivity index (χ4v) is 2.28. The van der Waals surface area contributed by atoms with Crippen LogP contribution in [0.2, 0.25) is 0 Å². The van der Waals surface area contributed by atoms with Crippen molar-refractivity contribution in [2.45, 2.75) is 6.92 Å². The number of nitrogens with zero attached hydrogens (tertiary/aromatic N) is 3. The molecule has 1 amide bonds. The van der Waals surface area contributed by atoms with E-state index in [1.54, 1.807) is 4.90 Å². The summed E-state index contributed by atoms with van der Waals surface area (Å²) in [5.41, 5.74) is 1.80. The molecule has 21 heavy (non-hydrogen) atoms. The summed E-state index contributed by atoms with van der Waals surface area (Å²) in [7, 11) is 0. The zero-order valence-corrected chi connectivity index (χ0v) is 13.8. The van der Waals surface area contributed by atoms with Crippen molar-refractivity contribution in [1.29, 1.82) is 0 Å². The van der Waals surface area contributed by atoms with Crippen LogP contribution in [0, 0.1) is 16.0 Å². The van der Waals surface area contributed by atoms with Gasteiger partial charge in [-0.2, -0.15) is 0 Å². The molecule has 1 aromatic carbocycles. The number of fused-ring (bicyclic) bond motifs is 1. The molecule has 1 aromatic heterocycles. The maximum absolute atomic E-state index is 12.0. The summed E-state index contributed by atoms with van der Waals surface area (Å²) in [6, 6.07) is 8.27. The molecular formula is C15H15IN4O. The van der Waals surface area contributed by atoms with Gasteiger partial charge in [-0.25, -0.2) is 4.98 Å². The molecular weight excluding hydrogens is 379 g/mol. The highest BCUT2D eigenvalue weighted by Gasteiger charge is 2.09. The van der Waals surface area contributed by atoms with Crippen LogP contribution in [0.15, 0.2) is 24.4 Å². The molecule has 0 saturated carbocycles. The lowest BCUT2D eigenvalue weighted by Crippen LogP contribution is -2.33. The van der Waals surface area contributed by atoms with Crippen molar-refractivity contribution >= 4 is 39.5 Å². The number of hydrogen-bond acceptors (Lipinski definition) is 4. The van der Waals surface area contributed by atoms with E-state index in [4.69, 9.17) is 6.42 Å². The average Bonchev–Trinajstić information content (AvgIpc) is 2.50. The van der Waals surface area contributed by atoms with Crippen molar-refractivity contribution in [3.05, 3.63) is 33.7 Å². The molecule has 0 radical (unpaired) electrons. The predicted molar refractivity (Wildman–Crippen MR) is 90.7 cm³/mol. The van der Waals surface area contributed by atoms with E-state index < -0.39 is 0 Å². The monoisotopic (exact) mass is 394 g/mol. The van der Waals surface area contributed by atoms with Gasteiger partial charge in [0.25, 0.3) is 5.91 Å². The number of amides is 1. The van der Waals surface area contributed by atoms with E-state index in [-0.39, 0.29) is 5.91 Å². The van der Waals surface area contributed by atoms with Crippen LogP contribution in [-0.4, -0.2) is 40.4 Å². The standard InChI is InChI=1S/C15H15IN4O/c1-3-20(4-2)8-7-17-15(21)14-10-18-13-9-11(16)5-6-12(13)19-14/h1,5-6,9-10H,4,7-8H2,2H3,(H,17,21).